The van der Waals surface area contributed by atoms with Crippen LogP contribution in [0, 0.1) is 0 Å². The van der Waals surface area contributed by atoms with E-state index in [1.807, 2.05) is 29.2 Å². The van der Waals surface area contributed by atoms with Crippen LogP contribution in [0.25, 0.3) is 0 Å². The normalized spacial score (nSPS) is 14.4. The van der Waals surface area contributed by atoms with Crippen molar-refractivity contribution in [3.63, 3.8) is 0 Å². The average molecular weight is 363 g/mol. The maximum Gasteiger partial charge on any atom is 0.133 e. The Bertz CT molecular complexity index is 843. The second-order valence-electron chi connectivity index (χ2n) is 6.72. The number of pyridine rings is 1. The first kappa shape index (κ1) is 17.7. The average Bonchev–Trinajstić information content (AvgIpc) is 3.17. The second-order valence-corrected chi connectivity index (χ2v) is 6.72. The van der Waals surface area contributed by atoms with Gasteiger partial charge in [-0.1, -0.05) is 36.4 Å². The summed E-state index contributed by atoms with van der Waals surface area (Å²) in [6.45, 7) is 5.70. The summed E-state index contributed by atoms with van der Waals surface area (Å²) >= 11 is 0. The number of morpholine rings is 1. The summed E-state index contributed by atoms with van der Waals surface area (Å²) in [6.07, 6.45) is 5.90. The van der Waals surface area contributed by atoms with Gasteiger partial charge in [-0.25, -0.2) is 4.98 Å². The maximum absolute atomic E-state index is 5.45. The molecule has 2 aromatic heterocycles. The number of rotatable bonds is 7. The van der Waals surface area contributed by atoms with Crippen molar-refractivity contribution in [3.05, 3.63) is 77.7 Å². The number of nitrogens with zero attached hydrogens (tertiary/aromatic N) is 4. The van der Waals surface area contributed by atoms with Gasteiger partial charge in [0.05, 0.1) is 26.0 Å². The van der Waals surface area contributed by atoms with Crippen LogP contribution in [-0.4, -0.2) is 41.1 Å². The standard InChI is InChI=1S/C21H25N5O/c1-2-5-18(6-3-1)16-26-17-19(14-24-26)13-22-15-20-7-4-8-23-21(20)25-9-11-27-12-10-25/h1-8,14,17,22H,9-13,15-16H2. The number of benzene rings is 1. The van der Waals surface area contributed by atoms with Gasteiger partial charge in [-0.15, -0.1) is 0 Å². The third-order valence-corrected chi connectivity index (χ3v) is 4.70. The Balaban J connectivity index is 1.33. The highest BCUT2D eigenvalue weighted by Gasteiger charge is 2.15. The molecule has 4 rings (SSSR count). The van der Waals surface area contributed by atoms with Crippen molar-refractivity contribution < 1.29 is 4.74 Å². The zero-order chi connectivity index (χ0) is 18.3. The first-order chi connectivity index (χ1) is 13.4. The molecule has 1 aliphatic rings. The first-order valence-corrected chi connectivity index (χ1v) is 9.41. The number of anilines is 1. The number of aromatic nitrogens is 3. The molecule has 0 spiro atoms. The molecule has 0 bridgehead atoms. The van der Waals surface area contributed by atoms with E-state index in [2.05, 4.69) is 56.8 Å². The highest BCUT2D eigenvalue weighted by Crippen LogP contribution is 2.18. The maximum atomic E-state index is 5.45. The molecule has 6 nitrogen and oxygen atoms in total. The van der Waals surface area contributed by atoms with Crippen LogP contribution in [0.1, 0.15) is 16.7 Å². The van der Waals surface area contributed by atoms with Crippen LogP contribution in [0.5, 0.6) is 0 Å². The molecule has 0 saturated carbocycles. The molecule has 1 fully saturated rings. The molecule has 0 atom stereocenters. The Morgan fingerprint density at radius 3 is 2.67 bits per heavy atom. The van der Waals surface area contributed by atoms with Crippen LogP contribution in [-0.2, 0) is 24.4 Å². The van der Waals surface area contributed by atoms with Gasteiger partial charge in [0.15, 0.2) is 0 Å². The fourth-order valence-corrected chi connectivity index (χ4v) is 3.32. The van der Waals surface area contributed by atoms with Gasteiger partial charge < -0.3 is 15.0 Å². The lowest BCUT2D eigenvalue weighted by Gasteiger charge is -2.29. The van der Waals surface area contributed by atoms with E-state index in [0.717, 1.165) is 51.8 Å². The molecule has 6 heteroatoms. The lowest BCUT2D eigenvalue weighted by Crippen LogP contribution is -2.37. The van der Waals surface area contributed by atoms with Gasteiger partial charge in [-0.2, -0.15) is 5.10 Å². The zero-order valence-corrected chi connectivity index (χ0v) is 15.4. The summed E-state index contributed by atoms with van der Waals surface area (Å²) in [6, 6.07) is 14.5. The zero-order valence-electron chi connectivity index (χ0n) is 15.4. The van der Waals surface area contributed by atoms with E-state index in [9.17, 15) is 0 Å². The molecule has 1 N–H and O–H groups in total. The van der Waals surface area contributed by atoms with Crippen molar-refractivity contribution in [2.45, 2.75) is 19.6 Å². The van der Waals surface area contributed by atoms with Crippen molar-refractivity contribution in [1.82, 2.24) is 20.1 Å². The third-order valence-electron chi connectivity index (χ3n) is 4.70. The smallest absolute Gasteiger partial charge is 0.133 e. The van der Waals surface area contributed by atoms with Gasteiger partial charge in [0.1, 0.15) is 5.82 Å². The number of nitrogens with one attached hydrogen (secondary N) is 1. The fourth-order valence-electron chi connectivity index (χ4n) is 3.32. The van der Waals surface area contributed by atoms with Gasteiger partial charge in [0, 0.05) is 49.7 Å². The van der Waals surface area contributed by atoms with Crippen LogP contribution < -0.4 is 10.2 Å². The molecule has 3 aromatic rings. The van der Waals surface area contributed by atoms with E-state index in [0.29, 0.717) is 0 Å². The largest absolute Gasteiger partial charge is 0.378 e. The Morgan fingerprint density at radius 1 is 0.963 bits per heavy atom. The van der Waals surface area contributed by atoms with Crippen LogP contribution >= 0.6 is 0 Å². The second kappa shape index (κ2) is 8.79. The van der Waals surface area contributed by atoms with Gasteiger partial charge >= 0.3 is 0 Å². The van der Waals surface area contributed by atoms with Crippen LogP contribution in [0.4, 0.5) is 5.82 Å². The van der Waals surface area contributed by atoms with Crippen molar-refractivity contribution in [1.29, 1.82) is 0 Å². The van der Waals surface area contributed by atoms with E-state index in [-0.39, 0.29) is 0 Å². The predicted molar refractivity (Wildman–Crippen MR) is 106 cm³/mol. The van der Waals surface area contributed by atoms with Gasteiger partial charge in [0.25, 0.3) is 0 Å². The van der Waals surface area contributed by atoms with Gasteiger partial charge in [-0.3, -0.25) is 4.68 Å². The summed E-state index contributed by atoms with van der Waals surface area (Å²) in [5.74, 6) is 1.06. The van der Waals surface area contributed by atoms with Crippen LogP contribution in [0.15, 0.2) is 61.1 Å². The molecule has 0 aliphatic carbocycles. The molecule has 3 heterocycles. The van der Waals surface area contributed by atoms with Crippen molar-refractivity contribution in [2.75, 3.05) is 31.2 Å². The van der Waals surface area contributed by atoms with E-state index in [1.54, 1.807) is 0 Å². The van der Waals surface area contributed by atoms with Crippen molar-refractivity contribution >= 4 is 5.82 Å². The Labute approximate surface area is 159 Å². The summed E-state index contributed by atoms with van der Waals surface area (Å²) in [5, 5.41) is 7.99. The van der Waals surface area contributed by atoms with E-state index < -0.39 is 0 Å². The minimum atomic E-state index is 0.768. The molecule has 0 radical (unpaired) electrons. The highest BCUT2D eigenvalue weighted by molar-refractivity contribution is 5.47. The van der Waals surface area contributed by atoms with Crippen LogP contribution in [0.3, 0.4) is 0 Å². The topological polar surface area (TPSA) is 55.2 Å². The molecule has 27 heavy (non-hydrogen) atoms. The Morgan fingerprint density at radius 2 is 1.81 bits per heavy atom. The number of hydrogen-bond donors (Lipinski definition) is 1. The number of hydrogen-bond acceptors (Lipinski definition) is 5. The summed E-state index contributed by atoms with van der Waals surface area (Å²) < 4.78 is 7.43. The Hall–Kier alpha value is -2.70. The first-order valence-electron chi connectivity index (χ1n) is 9.41. The molecule has 1 saturated heterocycles. The molecular weight excluding hydrogens is 338 g/mol. The summed E-state index contributed by atoms with van der Waals surface area (Å²) in [4.78, 5) is 6.90. The highest BCUT2D eigenvalue weighted by atomic mass is 16.5. The minimum Gasteiger partial charge on any atom is -0.378 e. The molecule has 1 aromatic carbocycles. The van der Waals surface area contributed by atoms with Crippen LogP contribution in [0.2, 0.25) is 0 Å². The van der Waals surface area contributed by atoms with E-state index >= 15 is 0 Å². The molecule has 0 amide bonds. The van der Waals surface area contributed by atoms with E-state index in [1.165, 1.54) is 16.7 Å². The molecule has 1 aliphatic heterocycles. The number of ether oxygens (including phenoxy) is 1. The lowest BCUT2D eigenvalue weighted by atomic mass is 10.2. The Kier molecular flexibility index (Phi) is 5.76. The van der Waals surface area contributed by atoms with Gasteiger partial charge in [-0.05, 0) is 11.6 Å². The SMILES string of the molecule is c1ccc(Cn2cc(CNCc3cccnc3N3CCOCC3)cn2)cc1. The molecule has 140 valence electrons. The van der Waals surface area contributed by atoms with E-state index in [4.69, 9.17) is 4.74 Å². The monoisotopic (exact) mass is 363 g/mol. The quantitative estimate of drug-likeness (QED) is 0.699. The predicted octanol–water partition coefficient (Wildman–Crippen LogP) is 2.45. The molecular formula is C21H25N5O. The van der Waals surface area contributed by atoms with Gasteiger partial charge in [0.2, 0.25) is 0 Å². The van der Waals surface area contributed by atoms with Crippen molar-refractivity contribution in [3.8, 4) is 0 Å². The molecule has 0 unspecified atom stereocenters. The summed E-state index contributed by atoms with van der Waals surface area (Å²) in [5.41, 5.74) is 3.66. The lowest BCUT2D eigenvalue weighted by molar-refractivity contribution is 0.122. The summed E-state index contributed by atoms with van der Waals surface area (Å²) in [7, 11) is 0. The van der Waals surface area contributed by atoms with Crippen molar-refractivity contribution in [2.24, 2.45) is 0 Å². The fraction of sp³-hybridized carbons (Fsp3) is 0.333. The minimum absolute atomic E-state index is 0.768. The third kappa shape index (κ3) is 4.72.